The molecule has 14 valence electrons. The molecular weight excluding hydrogens is 394 g/mol. The molecule has 0 aliphatic heterocycles. The second kappa shape index (κ2) is 15.7. The van der Waals surface area contributed by atoms with Gasteiger partial charge in [-0.2, -0.15) is 0 Å². The first-order chi connectivity index (χ1) is 0. The van der Waals surface area contributed by atoms with Crippen molar-refractivity contribution in [1.29, 1.82) is 0 Å². The third-order valence-electron chi connectivity index (χ3n) is 0. The third-order valence-corrected chi connectivity index (χ3v) is 0. The molecule has 0 aliphatic carbocycles. The van der Waals surface area contributed by atoms with Gasteiger partial charge >= 0.3 is 48.9 Å². The van der Waals surface area contributed by atoms with Gasteiger partial charge < -0.3 is 0 Å². The minimum absolute atomic E-state index is 0. The minimum atomic E-state index is 0. The Labute approximate surface area is 124 Å². The van der Waals surface area contributed by atoms with E-state index >= 15 is 0 Å². The molecule has 0 spiro atoms. The molecule has 0 unspecified atom stereocenters. The van der Waals surface area contributed by atoms with Crippen molar-refractivity contribution in [1.82, 2.24) is 0 Å². The molecule has 0 aliphatic rings. The Morgan fingerprint density at radius 3 is 1.00 bits per heavy atom. The first-order valence-corrected chi connectivity index (χ1v) is 0. The maximum absolute atomic E-state index is 0. The van der Waals surface area contributed by atoms with Crippen LogP contribution in [0.15, 0.2) is 0 Å². The van der Waals surface area contributed by atoms with Crippen molar-refractivity contribution in [3.63, 3.8) is 0 Å². The Bertz CT molecular complexity index is 8.00. The van der Waals surface area contributed by atoms with Crippen LogP contribution >= 0.6 is 0 Å². The van der Waals surface area contributed by atoms with Crippen LogP contribution in [0.5, 0.6) is 0 Å². The maximum Gasteiger partial charge on any atom is 0 e. The van der Waals surface area contributed by atoms with Gasteiger partial charge in [0, 0.05) is 79.2 Å². The number of hydrogen-bond donors (Lipinski definition) is 0. The van der Waals surface area contributed by atoms with Gasteiger partial charge in [-0.15, -0.1) is 0 Å². The van der Waals surface area contributed by atoms with E-state index in [-0.39, 0.29) is 128 Å². The fraction of sp³-hybridized carbons (Fsp3) is 0. The van der Waals surface area contributed by atoms with Gasteiger partial charge in [0.1, 0.15) is 0 Å². The van der Waals surface area contributed by atoms with E-state index in [0.717, 1.165) is 0 Å². The zero-order valence-electron chi connectivity index (χ0n) is 1.65. The van der Waals surface area contributed by atoms with Crippen molar-refractivity contribution in [3.05, 3.63) is 0 Å². The van der Waals surface area contributed by atoms with Crippen LogP contribution in [0.3, 0.4) is 0 Å². The van der Waals surface area contributed by atoms with Crippen molar-refractivity contribution < 1.29 is 61.8 Å². The average Bonchev–Trinajstić information content (AvgIpc) is 0. The normalized spacial score (nSPS) is 0. The molecule has 0 aromatic carbocycles. The summed E-state index contributed by atoms with van der Waals surface area (Å²) < 4.78 is 0. The molecule has 0 bridgehead atoms. The van der Waals surface area contributed by atoms with Crippen molar-refractivity contribution in [2.45, 2.75) is 0 Å². The largest absolute Gasteiger partial charge is 0 e. The van der Waals surface area contributed by atoms with Gasteiger partial charge in [0.15, 0.2) is 0 Å². The summed E-state index contributed by atoms with van der Waals surface area (Å²) in [6.07, 6.45) is 0. The molecular formula is H2AlBaLaZr. The van der Waals surface area contributed by atoms with E-state index in [2.05, 4.69) is 0 Å². The quantitative estimate of drug-likeness (QED) is 0.447. The molecule has 0 heterocycles. The molecule has 0 fully saturated rings. The Morgan fingerprint density at radius 1 is 1.00 bits per heavy atom. The minimum Gasteiger partial charge on any atom is 0 e. The van der Waals surface area contributed by atoms with E-state index < -0.39 is 0 Å². The number of hydrogen-bond acceptors (Lipinski definition) is 0. The fourth-order valence-electron chi connectivity index (χ4n) is 0. The van der Waals surface area contributed by atoms with Crippen LogP contribution in [-0.2, 0) is 26.2 Å². The fourth-order valence-corrected chi connectivity index (χ4v) is 0. The standard InChI is InChI=1S/Al.Ba.La.Zr.2H. The molecule has 0 saturated heterocycles. The topological polar surface area (TPSA) is 0 Å². The zero-order valence-corrected chi connectivity index (χ0v) is 8.89. The van der Waals surface area contributed by atoms with Gasteiger partial charge in [0.05, 0.1) is 0 Å². The van der Waals surface area contributed by atoms with Crippen LogP contribution in [0.4, 0.5) is 0 Å². The van der Waals surface area contributed by atoms with Crippen molar-refractivity contribution in [3.8, 4) is 0 Å². The van der Waals surface area contributed by atoms with Crippen LogP contribution in [0.2, 0.25) is 0 Å². The molecule has 0 rings (SSSR count). The third kappa shape index (κ3) is 9.49. The summed E-state index contributed by atoms with van der Waals surface area (Å²) in [7, 11) is 0. The van der Waals surface area contributed by atoms with Crippen molar-refractivity contribution in [2.24, 2.45) is 0 Å². The van der Waals surface area contributed by atoms with Crippen LogP contribution < -0.4 is 0 Å². The van der Waals surface area contributed by atoms with Gasteiger partial charge in [-0.05, 0) is 0 Å². The first-order valence-electron chi connectivity index (χ1n) is 0. The van der Waals surface area contributed by atoms with E-state index in [4.69, 9.17) is 0 Å². The van der Waals surface area contributed by atoms with Crippen molar-refractivity contribution >= 4 is 66.2 Å². The zero-order chi connectivity index (χ0) is 0. The summed E-state index contributed by atoms with van der Waals surface area (Å²) in [4.78, 5) is 0. The Balaban J connectivity index is 0. The smallest absolute Gasteiger partial charge is 0 e. The van der Waals surface area contributed by atoms with E-state index in [1.54, 1.807) is 0 Å². The summed E-state index contributed by atoms with van der Waals surface area (Å²) in [5, 5.41) is 0. The molecule has 4 heteroatoms. The maximum atomic E-state index is 0. The van der Waals surface area contributed by atoms with E-state index in [1.165, 1.54) is 0 Å². The Morgan fingerprint density at radius 2 is 1.00 bits per heavy atom. The Kier molecular flexibility index (Phi) is 94.7. The summed E-state index contributed by atoms with van der Waals surface area (Å²) in [6.45, 7) is 0. The Hall–Kier alpha value is 4.18. The molecule has 0 aromatic heterocycles. The monoisotopic (exact) mass is 396 g/mol. The molecule has 0 nitrogen and oxygen atoms in total. The molecule has 0 atom stereocenters. The first kappa shape index (κ1) is 24.1. The predicted molar refractivity (Wildman–Crippen MR) is 14.3 cm³/mol. The summed E-state index contributed by atoms with van der Waals surface area (Å²) in [5.74, 6) is 0. The molecule has 0 N–H and O–H groups in total. The van der Waals surface area contributed by atoms with E-state index in [0.29, 0.717) is 0 Å². The van der Waals surface area contributed by atoms with Gasteiger partial charge in [-0.1, -0.05) is 0 Å². The molecule has 4 heavy (non-hydrogen) atoms. The molecule has 0 aromatic rings. The van der Waals surface area contributed by atoms with Gasteiger partial charge in [0.2, 0.25) is 0 Å². The average molecular weight is 396 g/mol. The molecule has 4 radical (unpaired) electrons. The predicted octanol–water partition coefficient (Wildman–Crippen LogP) is -1.30. The molecule has 0 saturated carbocycles. The second-order valence-electron chi connectivity index (χ2n) is 0. The van der Waals surface area contributed by atoms with E-state index in [9.17, 15) is 0 Å². The van der Waals surface area contributed by atoms with Crippen LogP contribution in [0, 0.1) is 35.6 Å². The van der Waals surface area contributed by atoms with E-state index in [1.807, 2.05) is 0 Å². The summed E-state index contributed by atoms with van der Waals surface area (Å²) in [5.41, 5.74) is 0. The van der Waals surface area contributed by atoms with Crippen molar-refractivity contribution in [2.75, 3.05) is 0 Å². The number of rotatable bonds is 0. The van der Waals surface area contributed by atoms with Gasteiger partial charge in [-0.3, -0.25) is 0 Å². The van der Waals surface area contributed by atoms with Crippen LogP contribution in [0.1, 0.15) is 0 Å². The SMILES string of the molecule is [Al].[BaH2].[La].[Zr]. The van der Waals surface area contributed by atoms with Gasteiger partial charge in [-0.25, -0.2) is 0 Å². The second-order valence-corrected chi connectivity index (χ2v) is 0. The van der Waals surface area contributed by atoms with Crippen LogP contribution in [0.25, 0.3) is 0 Å². The molecule has 0 amide bonds. The summed E-state index contributed by atoms with van der Waals surface area (Å²) >= 11 is 0. The van der Waals surface area contributed by atoms with Crippen LogP contribution in [-0.4, -0.2) is 66.2 Å². The summed E-state index contributed by atoms with van der Waals surface area (Å²) in [6, 6.07) is 0. The van der Waals surface area contributed by atoms with Gasteiger partial charge in [0.25, 0.3) is 0 Å².